The molecule has 2 aliphatic heterocycles. The molecule has 1 aromatic carbocycles. The molecule has 0 saturated carbocycles. The van der Waals surface area contributed by atoms with Crippen molar-refractivity contribution in [3.05, 3.63) is 35.9 Å². The maximum absolute atomic E-state index is 14.3. The van der Waals surface area contributed by atoms with Gasteiger partial charge in [-0.05, 0) is 68.3 Å². The third kappa shape index (κ3) is 16.7. The van der Waals surface area contributed by atoms with E-state index in [4.69, 9.17) is 5.73 Å². The summed E-state index contributed by atoms with van der Waals surface area (Å²) in [7, 11) is 0. The Morgan fingerprint density at radius 3 is 1.49 bits per heavy atom. The lowest BCUT2D eigenvalue weighted by molar-refractivity contribution is -0.147. The predicted molar refractivity (Wildman–Crippen MR) is 263 cm³/mol. The Balaban J connectivity index is 1.79. The molecule has 21 heteroatoms. The maximum atomic E-state index is 14.3. The molecular weight excluding hydrogens is 919 g/mol. The molecule has 2 aliphatic rings. The van der Waals surface area contributed by atoms with Gasteiger partial charge in [-0.1, -0.05) is 105 Å². The molecule has 398 valence electrons. The monoisotopic (exact) mass is 1000 g/mol. The predicted octanol–water partition coefficient (Wildman–Crippen LogP) is 0.0893. The zero-order valence-corrected chi connectivity index (χ0v) is 42.9. The molecule has 2 heterocycles. The maximum Gasteiger partial charge on any atom is 0.326 e. The molecule has 13 atom stereocenters. The molecule has 2 saturated heterocycles. The molecule has 0 radical (unpaired) electrons. The molecule has 21 nitrogen and oxygen atoms in total. The van der Waals surface area contributed by atoms with Crippen molar-refractivity contribution < 1.29 is 58.5 Å². The minimum absolute atomic E-state index is 0.0125. The number of carboxylic acid groups (broad SMARTS) is 1. The lowest BCUT2D eigenvalue weighted by atomic mass is 9.95. The van der Waals surface area contributed by atoms with Gasteiger partial charge < -0.3 is 62.8 Å². The van der Waals surface area contributed by atoms with Crippen molar-refractivity contribution in [2.45, 2.75) is 181 Å². The zero-order chi connectivity index (χ0) is 53.3. The first-order valence-electron chi connectivity index (χ1n) is 25.3. The van der Waals surface area contributed by atoms with Gasteiger partial charge in [0.15, 0.2) is 0 Å². The third-order valence-corrected chi connectivity index (χ3v) is 13.9. The average molecular weight is 1000 g/mol. The van der Waals surface area contributed by atoms with Crippen LogP contribution in [0.2, 0.25) is 0 Å². The Labute approximate surface area is 417 Å². The van der Waals surface area contributed by atoms with Crippen LogP contribution in [0.3, 0.4) is 0 Å². The first-order chi connectivity index (χ1) is 33.5. The van der Waals surface area contributed by atoms with Gasteiger partial charge in [0.2, 0.25) is 47.3 Å². The number of nitrogens with two attached hydrogens (primary N) is 1. The summed E-state index contributed by atoms with van der Waals surface area (Å²) in [5, 5.41) is 46.5. The van der Waals surface area contributed by atoms with Gasteiger partial charge in [-0.25, -0.2) is 4.79 Å². The largest absolute Gasteiger partial charge is 0.480 e. The highest BCUT2D eigenvalue weighted by Gasteiger charge is 2.44. The summed E-state index contributed by atoms with van der Waals surface area (Å²) in [6.45, 7) is 15.4. The van der Waals surface area contributed by atoms with Crippen LogP contribution in [-0.2, 0) is 49.6 Å². The summed E-state index contributed by atoms with van der Waals surface area (Å²) >= 11 is 0. The molecule has 3 rings (SSSR count). The number of amides is 8. The van der Waals surface area contributed by atoms with Crippen LogP contribution < -0.4 is 37.6 Å². The summed E-state index contributed by atoms with van der Waals surface area (Å²) in [6, 6.07) is -1.97. The second-order valence-electron chi connectivity index (χ2n) is 19.8. The summed E-state index contributed by atoms with van der Waals surface area (Å²) < 4.78 is 0. The van der Waals surface area contributed by atoms with Crippen LogP contribution in [0.4, 0.5) is 0 Å². The number of hydrogen-bond donors (Lipinski definition) is 10. The number of hydrogen-bond acceptors (Lipinski definition) is 12. The van der Waals surface area contributed by atoms with E-state index in [-0.39, 0.29) is 50.6 Å². The van der Waals surface area contributed by atoms with E-state index in [1.165, 1.54) is 16.7 Å². The van der Waals surface area contributed by atoms with Crippen molar-refractivity contribution in [3.63, 3.8) is 0 Å². The average Bonchev–Trinajstić information content (AvgIpc) is 4.05. The minimum Gasteiger partial charge on any atom is -0.480 e. The number of likely N-dealkylation sites (tertiary alicyclic amines) is 2. The van der Waals surface area contributed by atoms with Crippen LogP contribution in [0.25, 0.3) is 0 Å². The van der Waals surface area contributed by atoms with Gasteiger partial charge in [-0.3, -0.25) is 38.4 Å². The summed E-state index contributed by atoms with van der Waals surface area (Å²) in [5.41, 5.74) is 6.39. The Hall–Kier alpha value is -5.67. The summed E-state index contributed by atoms with van der Waals surface area (Å²) in [4.78, 5) is 126. The molecule has 2 fully saturated rings. The second kappa shape index (κ2) is 28.4. The van der Waals surface area contributed by atoms with E-state index in [0.29, 0.717) is 37.7 Å². The molecule has 0 aromatic heterocycles. The molecule has 0 spiro atoms. The number of nitrogens with one attached hydrogen (secondary N) is 6. The van der Waals surface area contributed by atoms with Crippen LogP contribution in [0.1, 0.15) is 119 Å². The van der Waals surface area contributed by atoms with E-state index in [1.807, 2.05) is 34.6 Å². The van der Waals surface area contributed by atoms with Crippen molar-refractivity contribution in [2.24, 2.45) is 29.4 Å². The van der Waals surface area contributed by atoms with E-state index < -0.39 is 132 Å². The Morgan fingerprint density at radius 1 is 0.606 bits per heavy atom. The molecule has 0 bridgehead atoms. The highest BCUT2D eigenvalue weighted by atomic mass is 16.4. The van der Waals surface area contributed by atoms with Gasteiger partial charge in [0.1, 0.15) is 54.4 Å². The number of carbonyl (C=O) groups is 9. The number of nitrogens with zero attached hydrogens (tertiary/aromatic N) is 2. The standard InChI is InChI=1S/C50H81N9O12/c1-10-28(6)38(47(67)53-35(50(70)71)25-32-18-14-13-15-19-32)54-43(63)34(24-27(4)5)52-46(66)39(29(7)11-2)55-44(64)36-20-17-23-59(36)49(69)41(31(9)61)57-45(65)37-21-16-22-58(37)48(68)40(30(8)12-3)56-42(62)33(51)26-60/h13-15,18-19,27-31,33-41,60-61H,10-12,16-17,20-26,51H2,1-9H3,(H,52,66)(H,53,67)(H,54,63)(H,55,64)(H,56,62)(H,57,65)(H,70,71)/t28-,29-,30-,31+,33-,34-,35-,36-,37-,38-,39-,40-,41-/m0/s1. The van der Waals surface area contributed by atoms with Crippen LogP contribution in [0.15, 0.2) is 30.3 Å². The molecule has 71 heavy (non-hydrogen) atoms. The summed E-state index contributed by atoms with van der Waals surface area (Å²) in [5.74, 6) is -8.08. The molecule has 8 amide bonds. The first-order valence-corrected chi connectivity index (χ1v) is 25.3. The zero-order valence-electron chi connectivity index (χ0n) is 42.9. The fraction of sp³-hybridized carbons (Fsp3) is 0.700. The van der Waals surface area contributed by atoms with E-state index in [9.17, 15) is 58.5 Å². The van der Waals surface area contributed by atoms with Crippen LogP contribution in [-0.4, -0.2) is 159 Å². The van der Waals surface area contributed by atoms with Crippen molar-refractivity contribution in [1.29, 1.82) is 0 Å². The molecule has 1 aromatic rings. The first kappa shape index (κ1) is 59.6. The number of aliphatic hydroxyl groups excluding tert-OH is 2. The number of carbonyl (C=O) groups excluding carboxylic acids is 8. The van der Waals surface area contributed by atoms with Crippen LogP contribution in [0.5, 0.6) is 0 Å². The lowest BCUT2D eigenvalue weighted by Crippen LogP contribution is -2.62. The Morgan fingerprint density at radius 2 is 1.04 bits per heavy atom. The Bertz CT molecular complexity index is 1990. The van der Waals surface area contributed by atoms with E-state index >= 15 is 0 Å². The number of aliphatic carboxylic acids is 1. The number of benzene rings is 1. The lowest BCUT2D eigenvalue weighted by Gasteiger charge is -2.34. The smallest absolute Gasteiger partial charge is 0.326 e. The van der Waals surface area contributed by atoms with Gasteiger partial charge >= 0.3 is 5.97 Å². The van der Waals surface area contributed by atoms with Crippen molar-refractivity contribution in [2.75, 3.05) is 19.7 Å². The fourth-order valence-electron chi connectivity index (χ4n) is 8.81. The normalized spacial score (nSPS) is 20.4. The van der Waals surface area contributed by atoms with Gasteiger partial charge in [0.25, 0.3) is 0 Å². The van der Waals surface area contributed by atoms with Crippen molar-refractivity contribution >= 4 is 53.2 Å². The van der Waals surface area contributed by atoms with E-state index in [1.54, 1.807) is 51.1 Å². The van der Waals surface area contributed by atoms with E-state index in [0.717, 1.165) is 0 Å². The van der Waals surface area contributed by atoms with Gasteiger partial charge in [0, 0.05) is 19.5 Å². The van der Waals surface area contributed by atoms with Gasteiger partial charge in [0.05, 0.1) is 12.7 Å². The fourth-order valence-corrected chi connectivity index (χ4v) is 8.81. The SMILES string of the molecule is CC[C@H](C)[C@H](NC(=O)[C@H](CC(C)C)NC(=O)[C@@H](NC(=O)[C@@H]1CCCN1C(=O)[C@@H](NC(=O)[C@@H]1CCCN1C(=O)[C@@H](NC(=O)[C@@H](N)CO)[C@@H](C)CC)[C@@H](C)O)[C@@H](C)CC)C(=O)N[C@@H](Cc1ccccc1)C(=O)O. The van der Waals surface area contributed by atoms with Crippen LogP contribution in [0, 0.1) is 23.7 Å². The third-order valence-electron chi connectivity index (χ3n) is 13.9. The number of carboxylic acids is 1. The van der Waals surface area contributed by atoms with Gasteiger partial charge in [-0.2, -0.15) is 0 Å². The highest BCUT2D eigenvalue weighted by Crippen LogP contribution is 2.24. The second-order valence-corrected chi connectivity index (χ2v) is 19.8. The van der Waals surface area contributed by atoms with Crippen LogP contribution >= 0.6 is 0 Å². The highest BCUT2D eigenvalue weighted by molar-refractivity contribution is 5.98. The summed E-state index contributed by atoms with van der Waals surface area (Å²) in [6.07, 6.45) is 1.36. The quantitative estimate of drug-likeness (QED) is 0.0560. The molecule has 0 unspecified atom stereocenters. The number of aliphatic hydroxyl groups is 2. The minimum atomic E-state index is -1.52. The molecule has 0 aliphatic carbocycles. The Kier molecular flexibility index (Phi) is 23.8. The number of rotatable bonds is 27. The van der Waals surface area contributed by atoms with Crippen molar-refractivity contribution in [3.8, 4) is 0 Å². The molecule has 11 N–H and O–H groups in total. The topological polar surface area (TPSA) is 319 Å². The van der Waals surface area contributed by atoms with Crippen molar-refractivity contribution in [1.82, 2.24) is 41.7 Å². The van der Waals surface area contributed by atoms with Gasteiger partial charge in [-0.15, -0.1) is 0 Å². The van der Waals surface area contributed by atoms with E-state index in [2.05, 4.69) is 31.9 Å². The molecular formula is C50H81N9O12.